The van der Waals surface area contributed by atoms with Gasteiger partial charge in [-0.05, 0) is 33.1 Å². The highest BCUT2D eigenvalue weighted by Crippen LogP contribution is 2.23. The van der Waals surface area contributed by atoms with Crippen LogP contribution in [0, 0.1) is 5.41 Å². The maximum atomic E-state index is 12.2. The summed E-state index contributed by atoms with van der Waals surface area (Å²) < 4.78 is 5.52. The first kappa shape index (κ1) is 14.8. The molecule has 0 aliphatic carbocycles. The Morgan fingerprint density at radius 3 is 2.83 bits per heavy atom. The van der Waals surface area contributed by atoms with Crippen molar-refractivity contribution >= 4 is 11.7 Å². The van der Waals surface area contributed by atoms with Gasteiger partial charge < -0.3 is 21.0 Å². The quantitative estimate of drug-likeness (QED) is 0.294. The Morgan fingerprint density at radius 1 is 1.72 bits per heavy atom. The maximum Gasteiger partial charge on any atom is 0.233 e. The summed E-state index contributed by atoms with van der Waals surface area (Å²) in [7, 11) is 0. The molecule has 1 amide bonds. The van der Waals surface area contributed by atoms with E-state index in [4.69, 9.17) is 15.7 Å². The summed E-state index contributed by atoms with van der Waals surface area (Å²) in [6.07, 6.45) is 2.50. The highest BCUT2D eigenvalue weighted by atomic mass is 16.5. The summed E-state index contributed by atoms with van der Waals surface area (Å²) in [5.41, 5.74) is 4.62. The van der Waals surface area contributed by atoms with Crippen molar-refractivity contribution in [3.63, 3.8) is 0 Å². The molecule has 0 radical (unpaired) electrons. The van der Waals surface area contributed by atoms with Gasteiger partial charge in [-0.1, -0.05) is 12.1 Å². The van der Waals surface area contributed by atoms with Gasteiger partial charge in [0.1, 0.15) is 5.41 Å². The second-order valence-electron chi connectivity index (χ2n) is 4.98. The number of amidine groups is 1. The summed E-state index contributed by atoms with van der Waals surface area (Å²) in [6, 6.07) is -0.0719. The van der Waals surface area contributed by atoms with E-state index in [1.807, 2.05) is 13.8 Å². The molecule has 0 aromatic carbocycles. The molecule has 0 spiro atoms. The number of hydrogen-bond acceptors (Lipinski definition) is 4. The van der Waals surface area contributed by atoms with Crippen LogP contribution in [0.1, 0.15) is 40.0 Å². The molecule has 0 aromatic heterocycles. The number of nitrogens with zero attached hydrogens (tertiary/aromatic N) is 1. The molecular weight excluding hydrogens is 234 g/mol. The molecule has 1 aliphatic rings. The molecule has 1 aliphatic heterocycles. The summed E-state index contributed by atoms with van der Waals surface area (Å²) >= 11 is 0. The summed E-state index contributed by atoms with van der Waals surface area (Å²) in [4.78, 5) is 12.2. The van der Waals surface area contributed by atoms with Crippen molar-refractivity contribution in [1.82, 2.24) is 5.32 Å². The third-order valence-electron chi connectivity index (χ3n) is 3.76. The van der Waals surface area contributed by atoms with Crippen LogP contribution in [-0.4, -0.2) is 35.7 Å². The normalized spacial score (nSPS) is 25.5. The van der Waals surface area contributed by atoms with Gasteiger partial charge in [0, 0.05) is 6.61 Å². The zero-order valence-corrected chi connectivity index (χ0v) is 11.3. The van der Waals surface area contributed by atoms with Crippen LogP contribution < -0.4 is 11.1 Å². The molecule has 6 nitrogen and oxygen atoms in total. The van der Waals surface area contributed by atoms with Gasteiger partial charge in [0.2, 0.25) is 5.91 Å². The first-order valence-corrected chi connectivity index (χ1v) is 6.36. The van der Waals surface area contributed by atoms with Crippen molar-refractivity contribution in [2.45, 2.75) is 52.2 Å². The minimum Gasteiger partial charge on any atom is -0.409 e. The maximum absolute atomic E-state index is 12.2. The monoisotopic (exact) mass is 257 g/mol. The molecule has 4 N–H and O–H groups in total. The SMILES string of the molecule is CCC(C)(C(=O)NC(C)C1CCCO1)C(N)=NO. The number of nitrogens with two attached hydrogens (primary N) is 1. The third-order valence-corrected chi connectivity index (χ3v) is 3.76. The summed E-state index contributed by atoms with van der Waals surface area (Å²) in [6.45, 7) is 6.15. The topological polar surface area (TPSA) is 96.9 Å². The Kier molecular flexibility index (Phi) is 4.95. The standard InChI is InChI=1S/C12H23N3O3/c1-4-12(3,10(13)15-17)11(16)14-8(2)9-6-5-7-18-9/h8-9,17H,4-7H2,1-3H3,(H2,13,15)(H,14,16). The van der Waals surface area contributed by atoms with Crippen LogP contribution >= 0.6 is 0 Å². The van der Waals surface area contributed by atoms with Crippen LogP contribution in [0.3, 0.4) is 0 Å². The van der Waals surface area contributed by atoms with E-state index >= 15 is 0 Å². The number of carbonyl (C=O) groups excluding carboxylic acids is 1. The minimum absolute atomic E-state index is 0.0577. The highest BCUT2D eigenvalue weighted by molar-refractivity contribution is 6.06. The van der Waals surface area contributed by atoms with Crippen molar-refractivity contribution in [3.05, 3.63) is 0 Å². The lowest BCUT2D eigenvalue weighted by atomic mass is 9.84. The minimum atomic E-state index is -0.985. The number of oxime groups is 1. The average Bonchev–Trinajstić information content (AvgIpc) is 2.90. The molecule has 0 saturated carbocycles. The largest absolute Gasteiger partial charge is 0.409 e. The molecule has 6 heteroatoms. The Hall–Kier alpha value is -1.30. The molecule has 1 saturated heterocycles. The van der Waals surface area contributed by atoms with Crippen molar-refractivity contribution in [2.24, 2.45) is 16.3 Å². The van der Waals surface area contributed by atoms with Gasteiger partial charge in [-0.2, -0.15) is 0 Å². The number of ether oxygens (including phenoxy) is 1. The Bertz CT molecular complexity index is 327. The van der Waals surface area contributed by atoms with Crippen LogP contribution in [0.25, 0.3) is 0 Å². The Morgan fingerprint density at radius 2 is 2.39 bits per heavy atom. The fourth-order valence-corrected chi connectivity index (χ4v) is 2.02. The third kappa shape index (κ3) is 2.93. The molecule has 0 bridgehead atoms. The zero-order chi connectivity index (χ0) is 13.8. The lowest BCUT2D eigenvalue weighted by Gasteiger charge is -2.29. The van der Waals surface area contributed by atoms with Gasteiger partial charge in [0.15, 0.2) is 5.84 Å². The second-order valence-corrected chi connectivity index (χ2v) is 4.98. The zero-order valence-electron chi connectivity index (χ0n) is 11.3. The number of hydrogen-bond donors (Lipinski definition) is 3. The molecular formula is C12H23N3O3. The van der Waals surface area contributed by atoms with E-state index in [-0.39, 0.29) is 23.9 Å². The lowest BCUT2D eigenvalue weighted by Crippen LogP contribution is -2.52. The number of carbonyl (C=O) groups is 1. The highest BCUT2D eigenvalue weighted by Gasteiger charge is 2.38. The molecule has 1 rings (SSSR count). The van der Waals surface area contributed by atoms with E-state index in [1.165, 1.54) is 0 Å². The first-order chi connectivity index (χ1) is 8.45. The van der Waals surface area contributed by atoms with Gasteiger partial charge >= 0.3 is 0 Å². The van der Waals surface area contributed by atoms with Gasteiger partial charge in [-0.25, -0.2) is 0 Å². The molecule has 3 unspecified atom stereocenters. The van der Waals surface area contributed by atoms with Crippen molar-refractivity contribution < 1.29 is 14.7 Å². The van der Waals surface area contributed by atoms with Crippen LogP contribution in [0.5, 0.6) is 0 Å². The predicted octanol–water partition coefficient (Wildman–Crippen LogP) is 0.833. The van der Waals surface area contributed by atoms with E-state index in [0.29, 0.717) is 6.42 Å². The van der Waals surface area contributed by atoms with Crippen LogP contribution in [0.15, 0.2) is 5.16 Å². The Balaban J connectivity index is 2.67. The van der Waals surface area contributed by atoms with Gasteiger partial charge in [0.05, 0.1) is 12.1 Å². The molecule has 0 aromatic rings. The average molecular weight is 257 g/mol. The lowest BCUT2D eigenvalue weighted by molar-refractivity contribution is -0.128. The number of rotatable bonds is 5. The van der Waals surface area contributed by atoms with Crippen LogP contribution in [0.4, 0.5) is 0 Å². The van der Waals surface area contributed by atoms with Gasteiger partial charge in [-0.15, -0.1) is 0 Å². The van der Waals surface area contributed by atoms with E-state index in [0.717, 1.165) is 19.4 Å². The van der Waals surface area contributed by atoms with Gasteiger partial charge in [-0.3, -0.25) is 4.79 Å². The van der Waals surface area contributed by atoms with Crippen LogP contribution in [-0.2, 0) is 9.53 Å². The molecule has 3 atom stereocenters. The van der Waals surface area contributed by atoms with Crippen molar-refractivity contribution in [2.75, 3.05) is 6.61 Å². The van der Waals surface area contributed by atoms with E-state index < -0.39 is 5.41 Å². The predicted molar refractivity (Wildman–Crippen MR) is 68.4 cm³/mol. The van der Waals surface area contributed by atoms with E-state index in [9.17, 15) is 4.79 Å². The fraction of sp³-hybridized carbons (Fsp3) is 0.833. The van der Waals surface area contributed by atoms with E-state index in [2.05, 4.69) is 10.5 Å². The van der Waals surface area contributed by atoms with Crippen molar-refractivity contribution in [3.8, 4) is 0 Å². The molecule has 1 fully saturated rings. The number of amides is 1. The van der Waals surface area contributed by atoms with Gasteiger partial charge in [0.25, 0.3) is 0 Å². The molecule has 104 valence electrons. The van der Waals surface area contributed by atoms with Crippen LogP contribution in [0.2, 0.25) is 0 Å². The number of nitrogens with one attached hydrogen (secondary N) is 1. The fourth-order valence-electron chi connectivity index (χ4n) is 2.02. The first-order valence-electron chi connectivity index (χ1n) is 6.36. The summed E-state index contributed by atoms with van der Waals surface area (Å²) in [5, 5.41) is 14.6. The second kappa shape index (κ2) is 6.04. The Labute approximate surface area is 108 Å². The van der Waals surface area contributed by atoms with Crippen molar-refractivity contribution in [1.29, 1.82) is 0 Å². The molecule has 1 heterocycles. The summed E-state index contributed by atoms with van der Waals surface area (Å²) in [5.74, 6) is -0.301. The molecule has 18 heavy (non-hydrogen) atoms. The smallest absolute Gasteiger partial charge is 0.233 e. The van der Waals surface area contributed by atoms with E-state index in [1.54, 1.807) is 6.92 Å².